The van der Waals surface area contributed by atoms with Gasteiger partial charge in [0, 0.05) is 11.1 Å². The lowest BCUT2D eigenvalue weighted by molar-refractivity contribution is -0.388. The van der Waals surface area contributed by atoms with E-state index in [2.05, 4.69) is 5.32 Å². The number of amides is 1. The van der Waals surface area contributed by atoms with E-state index in [1.807, 2.05) is 0 Å². The van der Waals surface area contributed by atoms with Gasteiger partial charge in [0.2, 0.25) is 5.91 Å². The Morgan fingerprint density at radius 3 is 2.50 bits per heavy atom. The summed E-state index contributed by atoms with van der Waals surface area (Å²) < 4.78 is 38.0. The predicted octanol–water partition coefficient (Wildman–Crippen LogP) is 5.65. The first-order valence-corrected chi connectivity index (χ1v) is 8.55. The van der Waals surface area contributed by atoms with Crippen LogP contribution in [0.15, 0.2) is 41.3 Å². The smallest absolute Gasteiger partial charge is 0.324 e. The molecule has 0 saturated heterocycles. The van der Waals surface area contributed by atoms with Crippen molar-refractivity contribution in [3.05, 3.63) is 62.1 Å². The molecule has 11 heteroatoms. The van der Waals surface area contributed by atoms with Crippen LogP contribution in [0.2, 0.25) is 10.0 Å². The zero-order valence-electron chi connectivity index (χ0n) is 12.6. The Kier molecular flexibility index (Phi) is 6.38. The van der Waals surface area contributed by atoms with Gasteiger partial charge in [-0.3, -0.25) is 14.9 Å². The van der Waals surface area contributed by atoms with Crippen LogP contribution in [0.1, 0.15) is 5.56 Å². The van der Waals surface area contributed by atoms with E-state index in [0.29, 0.717) is 11.1 Å². The Morgan fingerprint density at radius 2 is 1.88 bits per heavy atom. The van der Waals surface area contributed by atoms with Gasteiger partial charge < -0.3 is 5.32 Å². The molecule has 0 heterocycles. The van der Waals surface area contributed by atoms with Crippen LogP contribution in [0, 0.1) is 10.1 Å². The molecule has 2 aromatic carbocycles. The molecule has 0 unspecified atom stereocenters. The number of nitrogens with one attached hydrogen (secondary N) is 1. The number of hydrogen-bond acceptors (Lipinski definition) is 4. The minimum absolute atomic E-state index is 0.0599. The zero-order valence-corrected chi connectivity index (χ0v) is 15.0. The molecule has 0 aliphatic carbocycles. The number of alkyl halides is 3. The molecule has 5 nitrogen and oxygen atoms in total. The number of hydrogen-bond donors (Lipinski definition) is 1. The Balaban J connectivity index is 2.12. The third kappa shape index (κ3) is 5.26. The molecule has 2 aromatic rings. The molecule has 0 bridgehead atoms. The van der Waals surface area contributed by atoms with E-state index in [-0.39, 0.29) is 21.4 Å². The van der Waals surface area contributed by atoms with Crippen LogP contribution < -0.4 is 5.32 Å². The molecule has 0 aliphatic heterocycles. The second-order valence-electron chi connectivity index (χ2n) is 4.90. The van der Waals surface area contributed by atoms with Gasteiger partial charge in [0.25, 0.3) is 5.69 Å². The van der Waals surface area contributed by atoms with Crippen LogP contribution in [0.3, 0.4) is 0 Å². The van der Waals surface area contributed by atoms with Gasteiger partial charge >= 0.3 is 6.18 Å². The van der Waals surface area contributed by atoms with Gasteiger partial charge in [-0.05, 0) is 30.3 Å². The van der Waals surface area contributed by atoms with E-state index >= 15 is 0 Å². The van der Waals surface area contributed by atoms with Crippen molar-refractivity contribution >= 4 is 52.2 Å². The van der Waals surface area contributed by atoms with Gasteiger partial charge in [-0.2, -0.15) is 13.2 Å². The van der Waals surface area contributed by atoms with Crippen LogP contribution in [0.25, 0.3) is 0 Å². The topological polar surface area (TPSA) is 72.2 Å². The summed E-state index contributed by atoms with van der Waals surface area (Å²) in [4.78, 5) is 22.0. The molecule has 0 spiro atoms. The number of thioether (sulfide) groups is 1. The standard InChI is InChI=1S/C15H9Cl2F3N2O3S/c16-9-2-3-10(17)11(6-9)21-14(23)7-26-13-4-1-8(15(18,19)20)5-12(13)22(24)25/h1-6H,7H2,(H,21,23). The predicted molar refractivity (Wildman–Crippen MR) is 93.9 cm³/mol. The van der Waals surface area contributed by atoms with Gasteiger partial charge in [0.05, 0.1) is 31.8 Å². The molecule has 0 radical (unpaired) electrons. The lowest BCUT2D eigenvalue weighted by Crippen LogP contribution is -2.14. The summed E-state index contributed by atoms with van der Waals surface area (Å²) in [6, 6.07) is 6.56. The van der Waals surface area contributed by atoms with E-state index in [0.717, 1.165) is 23.9 Å². The molecule has 0 saturated carbocycles. The summed E-state index contributed by atoms with van der Waals surface area (Å²) in [5.74, 6) is -0.817. The van der Waals surface area contributed by atoms with Crippen LogP contribution in [0.5, 0.6) is 0 Å². The number of nitrogens with zero attached hydrogens (tertiary/aromatic N) is 1. The van der Waals surface area contributed by atoms with Crippen molar-refractivity contribution in [2.45, 2.75) is 11.1 Å². The van der Waals surface area contributed by atoms with Gasteiger partial charge in [0.1, 0.15) is 0 Å². The number of nitro groups is 1. The molecule has 2 rings (SSSR count). The lowest BCUT2D eigenvalue weighted by atomic mass is 10.2. The van der Waals surface area contributed by atoms with Crippen molar-refractivity contribution < 1.29 is 22.9 Å². The van der Waals surface area contributed by atoms with E-state index in [4.69, 9.17) is 23.2 Å². The van der Waals surface area contributed by atoms with E-state index in [1.165, 1.54) is 18.2 Å². The van der Waals surface area contributed by atoms with Gasteiger partial charge in [0.15, 0.2) is 0 Å². The summed E-state index contributed by atoms with van der Waals surface area (Å²) >= 11 is 12.4. The first-order valence-electron chi connectivity index (χ1n) is 6.81. The van der Waals surface area contributed by atoms with Crippen LogP contribution in [0.4, 0.5) is 24.5 Å². The number of carbonyl (C=O) groups is 1. The molecular weight excluding hydrogens is 416 g/mol. The maximum atomic E-state index is 12.7. The van der Waals surface area contributed by atoms with Crippen molar-refractivity contribution in [2.24, 2.45) is 0 Å². The number of benzene rings is 2. The fraction of sp³-hybridized carbons (Fsp3) is 0.133. The number of rotatable bonds is 5. The fourth-order valence-corrected chi connectivity index (χ4v) is 3.02. The maximum Gasteiger partial charge on any atom is 0.416 e. The molecule has 0 aromatic heterocycles. The highest BCUT2D eigenvalue weighted by atomic mass is 35.5. The lowest BCUT2D eigenvalue weighted by Gasteiger charge is -2.09. The average Bonchev–Trinajstić information content (AvgIpc) is 2.55. The Bertz CT molecular complexity index is 863. The summed E-state index contributed by atoms with van der Waals surface area (Å²) in [6.07, 6.45) is -4.70. The third-order valence-electron chi connectivity index (χ3n) is 3.04. The molecule has 1 amide bonds. The van der Waals surface area contributed by atoms with Crippen molar-refractivity contribution in [1.29, 1.82) is 0 Å². The number of carbonyl (C=O) groups excluding carboxylic acids is 1. The van der Waals surface area contributed by atoms with Crippen molar-refractivity contribution in [1.82, 2.24) is 0 Å². The monoisotopic (exact) mass is 424 g/mol. The first kappa shape index (κ1) is 20.3. The van der Waals surface area contributed by atoms with Gasteiger partial charge in [-0.1, -0.05) is 23.2 Å². The largest absolute Gasteiger partial charge is 0.416 e. The number of anilines is 1. The number of nitro benzene ring substituents is 1. The average molecular weight is 425 g/mol. The van der Waals surface area contributed by atoms with Crippen LogP contribution in [-0.4, -0.2) is 16.6 Å². The second kappa shape index (κ2) is 8.15. The normalized spacial score (nSPS) is 11.3. The molecule has 0 aliphatic rings. The van der Waals surface area contributed by atoms with Gasteiger partial charge in [-0.25, -0.2) is 0 Å². The van der Waals surface area contributed by atoms with E-state index in [1.54, 1.807) is 0 Å². The van der Waals surface area contributed by atoms with Crippen molar-refractivity contribution in [3.63, 3.8) is 0 Å². The summed E-state index contributed by atoms with van der Waals surface area (Å²) in [5.41, 5.74) is -1.60. The highest BCUT2D eigenvalue weighted by Gasteiger charge is 2.33. The van der Waals surface area contributed by atoms with Crippen LogP contribution >= 0.6 is 35.0 Å². The summed E-state index contributed by atoms with van der Waals surface area (Å²) in [7, 11) is 0. The van der Waals surface area contributed by atoms with Gasteiger partial charge in [-0.15, -0.1) is 11.8 Å². The molecular formula is C15H9Cl2F3N2O3S. The maximum absolute atomic E-state index is 12.7. The SMILES string of the molecule is O=C(CSc1ccc(C(F)(F)F)cc1[N+](=O)[O-])Nc1cc(Cl)ccc1Cl. The third-order valence-corrected chi connectivity index (χ3v) is 4.67. The highest BCUT2D eigenvalue weighted by molar-refractivity contribution is 8.00. The quantitative estimate of drug-likeness (QED) is 0.382. The van der Waals surface area contributed by atoms with E-state index < -0.39 is 28.3 Å². The Labute approximate surface area is 159 Å². The first-order chi connectivity index (χ1) is 12.1. The second-order valence-corrected chi connectivity index (χ2v) is 6.76. The Morgan fingerprint density at radius 1 is 1.19 bits per heavy atom. The van der Waals surface area contributed by atoms with Crippen molar-refractivity contribution in [2.75, 3.05) is 11.1 Å². The summed E-state index contributed by atoms with van der Waals surface area (Å²) in [5, 5.41) is 14.1. The van der Waals surface area contributed by atoms with E-state index in [9.17, 15) is 28.1 Å². The highest BCUT2D eigenvalue weighted by Crippen LogP contribution is 2.36. The molecule has 1 N–H and O–H groups in total. The summed E-state index contributed by atoms with van der Waals surface area (Å²) in [6.45, 7) is 0. The fourth-order valence-electron chi connectivity index (χ4n) is 1.88. The molecule has 26 heavy (non-hydrogen) atoms. The molecule has 0 fully saturated rings. The Hall–Kier alpha value is -1.97. The van der Waals surface area contributed by atoms with Crippen molar-refractivity contribution in [3.8, 4) is 0 Å². The number of halogens is 5. The minimum Gasteiger partial charge on any atom is -0.324 e. The molecule has 0 atom stereocenters. The zero-order chi connectivity index (χ0) is 19.5. The minimum atomic E-state index is -4.70. The molecule has 138 valence electrons. The van der Waals surface area contributed by atoms with Crippen LogP contribution in [-0.2, 0) is 11.0 Å².